The van der Waals surface area contributed by atoms with Gasteiger partial charge in [-0.2, -0.15) is 10.3 Å². The molecule has 0 atom stereocenters. The summed E-state index contributed by atoms with van der Waals surface area (Å²) in [5.41, 5.74) is 2.22. The van der Waals surface area contributed by atoms with Gasteiger partial charge in [-0.15, -0.1) is 0 Å². The number of nitrogens with one attached hydrogen (secondary N) is 1. The van der Waals surface area contributed by atoms with Crippen LogP contribution in [0.25, 0.3) is 6.08 Å². The largest absolute Gasteiger partial charge is 0.372 e. The summed E-state index contributed by atoms with van der Waals surface area (Å²) in [6, 6.07) is 10.5. The molecule has 0 bridgehead atoms. The Balaban J connectivity index is 1.59. The Morgan fingerprint density at radius 2 is 1.93 bits per heavy atom. The summed E-state index contributed by atoms with van der Waals surface area (Å²) in [5, 5.41) is 9.54. The van der Waals surface area contributed by atoms with Crippen LogP contribution in [0.2, 0.25) is 0 Å². The van der Waals surface area contributed by atoms with E-state index in [1.807, 2.05) is 6.08 Å². The van der Waals surface area contributed by atoms with E-state index >= 15 is 0 Å². The third-order valence-electron chi connectivity index (χ3n) is 5.26. The lowest BCUT2D eigenvalue weighted by atomic mass is 10.2. The number of carbonyl (C=O) groups excluding carboxylic acids is 1. The fourth-order valence-electron chi connectivity index (χ4n) is 3.55. The highest BCUT2D eigenvalue weighted by molar-refractivity contribution is 8.18. The number of hydrogen-bond donors (Lipinski definition) is 1. The predicted molar refractivity (Wildman–Crippen MR) is 115 cm³/mol. The standard InChI is InChI=1S/C21H27N5OS/c1-3-25(4-2)18-8-6-17(7-9-18)16-19-20(27)23-21(28-19)26-14-12-24(13-15-26)11-5-10-22/h6-9,16H,3-5,11-15H2,1-2H3/p+1/b19-16-. The van der Waals surface area contributed by atoms with Crippen molar-refractivity contribution in [2.45, 2.75) is 20.3 Å². The van der Waals surface area contributed by atoms with Crippen molar-refractivity contribution < 1.29 is 9.69 Å². The highest BCUT2D eigenvalue weighted by Crippen LogP contribution is 2.30. The maximum atomic E-state index is 12.4. The Morgan fingerprint density at radius 3 is 2.54 bits per heavy atom. The van der Waals surface area contributed by atoms with E-state index in [0.29, 0.717) is 11.3 Å². The molecule has 0 unspecified atom stereocenters. The van der Waals surface area contributed by atoms with Crippen LogP contribution < -0.4 is 9.80 Å². The molecule has 0 spiro atoms. The molecule has 2 aliphatic heterocycles. The summed E-state index contributed by atoms with van der Waals surface area (Å²) in [5.74, 6) is -0.146. The average molecular weight is 399 g/mol. The second-order valence-electron chi connectivity index (χ2n) is 6.97. The second kappa shape index (κ2) is 9.76. The van der Waals surface area contributed by atoms with Crippen molar-refractivity contribution in [2.75, 3.05) is 50.7 Å². The number of anilines is 1. The van der Waals surface area contributed by atoms with Crippen LogP contribution >= 0.6 is 11.8 Å². The third-order valence-corrected chi connectivity index (χ3v) is 6.30. The predicted octanol–water partition coefficient (Wildman–Crippen LogP) is 1.62. The van der Waals surface area contributed by atoms with Crippen LogP contribution in [0.1, 0.15) is 25.8 Å². The maximum absolute atomic E-state index is 12.4. The van der Waals surface area contributed by atoms with Crippen molar-refractivity contribution >= 4 is 34.6 Å². The minimum atomic E-state index is -0.146. The van der Waals surface area contributed by atoms with E-state index < -0.39 is 0 Å². The summed E-state index contributed by atoms with van der Waals surface area (Å²) in [7, 11) is 0. The Hall–Kier alpha value is -2.30. The van der Waals surface area contributed by atoms with Gasteiger partial charge in [-0.25, -0.2) is 0 Å². The topological polar surface area (TPSA) is 64.1 Å². The quantitative estimate of drug-likeness (QED) is 0.738. The number of nitriles is 1. The van der Waals surface area contributed by atoms with Crippen molar-refractivity contribution in [1.82, 2.24) is 4.90 Å². The lowest BCUT2D eigenvalue weighted by molar-refractivity contribution is -0.903. The molecule has 3 rings (SSSR count). The van der Waals surface area contributed by atoms with Crippen LogP contribution in [-0.2, 0) is 4.79 Å². The number of nitrogens with zero attached hydrogens (tertiary/aromatic N) is 4. The number of aliphatic imine (C=N–C) groups is 1. The van der Waals surface area contributed by atoms with Crippen LogP contribution in [0.15, 0.2) is 34.2 Å². The van der Waals surface area contributed by atoms with Crippen LogP contribution in [0.5, 0.6) is 0 Å². The molecule has 1 amide bonds. The maximum Gasteiger partial charge on any atom is 0.286 e. The lowest BCUT2D eigenvalue weighted by Crippen LogP contribution is -3.14. The van der Waals surface area contributed by atoms with E-state index in [0.717, 1.165) is 56.5 Å². The minimum Gasteiger partial charge on any atom is -0.372 e. The number of piperazine rings is 1. The molecule has 2 aliphatic rings. The molecule has 1 N–H and O–H groups in total. The van der Waals surface area contributed by atoms with E-state index in [1.165, 1.54) is 22.3 Å². The zero-order chi connectivity index (χ0) is 19.9. The van der Waals surface area contributed by atoms with Crippen molar-refractivity contribution in [3.63, 3.8) is 0 Å². The number of benzene rings is 1. The summed E-state index contributed by atoms with van der Waals surface area (Å²) >= 11 is 1.47. The van der Waals surface area contributed by atoms with Gasteiger partial charge in [0.15, 0.2) is 5.17 Å². The summed E-state index contributed by atoms with van der Waals surface area (Å²) < 4.78 is 0. The molecule has 1 fully saturated rings. The first-order valence-corrected chi connectivity index (χ1v) is 10.8. The second-order valence-corrected chi connectivity index (χ2v) is 7.98. The third kappa shape index (κ3) is 4.94. The number of quaternary nitrogens is 1. The molecule has 0 aromatic heterocycles. The number of hydrogen-bond acceptors (Lipinski definition) is 5. The Morgan fingerprint density at radius 1 is 1.25 bits per heavy atom. The van der Waals surface area contributed by atoms with Crippen LogP contribution in [-0.4, -0.2) is 61.8 Å². The molecule has 0 saturated carbocycles. The molecule has 1 saturated heterocycles. The summed E-state index contributed by atoms with van der Waals surface area (Å²) in [6.07, 6.45) is 2.54. The zero-order valence-electron chi connectivity index (χ0n) is 16.6. The lowest BCUT2D eigenvalue weighted by Gasteiger charge is -2.32. The first kappa shape index (κ1) is 20.4. The number of carbonyl (C=O) groups is 1. The highest BCUT2D eigenvalue weighted by atomic mass is 32.2. The number of thioether (sulfide) groups is 1. The van der Waals surface area contributed by atoms with Gasteiger partial charge >= 0.3 is 0 Å². The molecule has 28 heavy (non-hydrogen) atoms. The normalized spacial score (nSPS) is 19.0. The van der Waals surface area contributed by atoms with Gasteiger partial charge in [0.05, 0.1) is 50.1 Å². The number of amides is 1. The zero-order valence-corrected chi connectivity index (χ0v) is 17.5. The molecule has 7 heteroatoms. The SMILES string of the molecule is CCN(CC)c1ccc(/C=C2\SC(N3CC[NH+](CCC#N)CC3)=NC2=O)cc1. The number of rotatable bonds is 6. The van der Waals surface area contributed by atoms with E-state index in [2.05, 4.69) is 59.0 Å². The molecule has 0 radical (unpaired) electrons. The molecule has 2 heterocycles. The molecule has 0 aliphatic carbocycles. The van der Waals surface area contributed by atoms with E-state index in [4.69, 9.17) is 5.26 Å². The minimum absolute atomic E-state index is 0.146. The van der Waals surface area contributed by atoms with E-state index in [-0.39, 0.29) is 5.91 Å². The monoisotopic (exact) mass is 398 g/mol. The molecular formula is C21H28N5OS+. The Labute approximate surface area is 171 Å². The van der Waals surface area contributed by atoms with E-state index in [9.17, 15) is 4.79 Å². The van der Waals surface area contributed by atoms with Gasteiger partial charge in [-0.05, 0) is 49.4 Å². The molecule has 6 nitrogen and oxygen atoms in total. The van der Waals surface area contributed by atoms with Crippen molar-refractivity contribution in [3.05, 3.63) is 34.7 Å². The van der Waals surface area contributed by atoms with Crippen LogP contribution in [0.4, 0.5) is 5.69 Å². The Kier molecular flexibility index (Phi) is 7.12. The highest BCUT2D eigenvalue weighted by Gasteiger charge is 2.29. The van der Waals surface area contributed by atoms with Crippen molar-refractivity contribution in [3.8, 4) is 6.07 Å². The van der Waals surface area contributed by atoms with Gasteiger partial charge in [0.1, 0.15) is 0 Å². The van der Waals surface area contributed by atoms with Gasteiger partial charge in [-0.3, -0.25) is 4.79 Å². The van der Waals surface area contributed by atoms with Gasteiger partial charge in [0, 0.05) is 18.8 Å². The van der Waals surface area contributed by atoms with Gasteiger partial charge in [0.25, 0.3) is 5.91 Å². The molecule has 1 aromatic carbocycles. The first-order chi connectivity index (χ1) is 13.6. The smallest absolute Gasteiger partial charge is 0.286 e. The van der Waals surface area contributed by atoms with Crippen molar-refractivity contribution in [1.29, 1.82) is 5.26 Å². The van der Waals surface area contributed by atoms with Gasteiger partial charge < -0.3 is 14.7 Å². The fraction of sp³-hybridized carbons (Fsp3) is 0.476. The van der Waals surface area contributed by atoms with Crippen molar-refractivity contribution in [2.24, 2.45) is 4.99 Å². The van der Waals surface area contributed by atoms with Crippen LogP contribution in [0, 0.1) is 11.3 Å². The van der Waals surface area contributed by atoms with Gasteiger partial charge in [-0.1, -0.05) is 12.1 Å². The summed E-state index contributed by atoms with van der Waals surface area (Å²) in [6.45, 7) is 10.9. The summed E-state index contributed by atoms with van der Waals surface area (Å²) in [4.78, 5) is 23.3. The fourth-order valence-corrected chi connectivity index (χ4v) is 4.52. The molecule has 1 aromatic rings. The number of amidine groups is 1. The molecular weight excluding hydrogens is 370 g/mol. The Bertz CT molecular complexity index is 784. The van der Waals surface area contributed by atoms with Crippen LogP contribution in [0.3, 0.4) is 0 Å². The molecule has 148 valence electrons. The van der Waals surface area contributed by atoms with Gasteiger partial charge in [0.2, 0.25) is 0 Å². The first-order valence-electron chi connectivity index (χ1n) is 9.97. The van der Waals surface area contributed by atoms with E-state index in [1.54, 1.807) is 0 Å². The average Bonchev–Trinajstić information content (AvgIpc) is 3.09.